The van der Waals surface area contributed by atoms with Gasteiger partial charge < -0.3 is 19.4 Å². The number of hydrogen-bond acceptors (Lipinski definition) is 5. The van der Waals surface area contributed by atoms with E-state index in [0.29, 0.717) is 29.5 Å². The van der Waals surface area contributed by atoms with Crippen LogP contribution >= 0.6 is 0 Å². The van der Waals surface area contributed by atoms with E-state index in [1.807, 2.05) is 30.3 Å². The summed E-state index contributed by atoms with van der Waals surface area (Å²) in [4.78, 5) is 26.0. The van der Waals surface area contributed by atoms with Crippen molar-refractivity contribution in [1.82, 2.24) is 19.5 Å². The average molecular weight is 434 g/mol. The van der Waals surface area contributed by atoms with E-state index in [1.54, 1.807) is 41.5 Å². The molecule has 0 radical (unpaired) electrons. The molecular formula is C24H26N4O4. The molecule has 0 fully saturated rings. The number of methoxy groups -OCH3 is 2. The molecule has 166 valence electrons. The molecule has 8 heteroatoms. The number of para-hydroxylation sites is 2. The molecule has 1 N–H and O–H groups in total. The van der Waals surface area contributed by atoms with Crippen LogP contribution in [0.1, 0.15) is 29.9 Å². The van der Waals surface area contributed by atoms with Crippen LogP contribution in [0.2, 0.25) is 0 Å². The number of ether oxygens (including phenoxy) is 2. The zero-order valence-corrected chi connectivity index (χ0v) is 18.6. The summed E-state index contributed by atoms with van der Waals surface area (Å²) in [5.41, 5.74) is 2.75. The largest absolute Gasteiger partial charge is 0.497 e. The predicted molar refractivity (Wildman–Crippen MR) is 123 cm³/mol. The molecule has 32 heavy (non-hydrogen) atoms. The Morgan fingerprint density at radius 2 is 1.78 bits per heavy atom. The van der Waals surface area contributed by atoms with Gasteiger partial charge in [-0.2, -0.15) is 5.10 Å². The molecule has 0 saturated carbocycles. The van der Waals surface area contributed by atoms with Gasteiger partial charge in [-0.05, 0) is 30.2 Å². The van der Waals surface area contributed by atoms with Gasteiger partial charge in [0, 0.05) is 30.8 Å². The summed E-state index contributed by atoms with van der Waals surface area (Å²) in [6.07, 6.45) is 0. The highest BCUT2D eigenvalue weighted by atomic mass is 16.5. The maximum absolute atomic E-state index is 13.2. The maximum atomic E-state index is 13.2. The van der Waals surface area contributed by atoms with Crippen LogP contribution in [0, 0.1) is 5.92 Å². The van der Waals surface area contributed by atoms with Crippen LogP contribution in [0.3, 0.4) is 0 Å². The van der Waals surface area contributed by atoms with Crippen molar-refractivity contribution >= 4 is 22.5 Å². The molecule has 4 aromatic rings. The number of nitrogens with one attached hydrogen (secondary N) is 1. The van der Waals surface area contributed by atoms with Gasteiger partial charge in [-0.1, -0.05) is 26.0 Å². The number of benzene rings is 2. The zero-order valence-electron chi connectivity index (χ0n) is 18.6. The fourth-order valence-electron chi connectivity index (χ4n) is 3.76. The maximum Gasteiger partial charge on any atom is 0.277 e. The van der Waals surface area contributed by atoms with Crippen LogP contribution in [0.5, 0.6) is 11.5 Å². The quantitative estimate of drug-likeness (QED) is 0.483. The highest BCUT2D eigenvalue weighted by Crippen LogP contribution is 2.24. The number of aromatic nitrogens is 3. The molecule has 8 nitrogen and oxygen atoms in total. The molecule has 0 spiro atoms. The smallest absolute Gasteiger partial charge is 0.277 e. The number of carbonyl (C=O) groups is 1. The van der Waals surface area contributed by atoms with Crippen molar-refractivity contribution in [2.45, 2.75) is 26.9 Å². The van der Waals surface area contributed by atoms with Gasteiger partial charge in [0.1, 0.15) is 17.0 Å². The van der Waals surface area contributed by atoms with Crippen molar-refractivity contribution in [3.05, 3.63) is 70.1 Å². The fourth-order valence-corrected chi connectivity index (χ4v) is 3.76. The molecule has 2 aromatic carbocycles. The molecular weight excluding hydrogens is 408 g/mol. The Bertz CT molecular complexity index is 1350. The lowest BCUT2D eigenvalue weighted by Gasteiger charge is -2.13. The molecule has 0 aliphatic rings. The minimum absolute atomic E-state index is 0.166. The van der Waals surface area contributed by atoms with Crippen molar-refractivity contribution < 1.29 is 14.3 Å². The van der Waals surface area contributed by atoms with E-state index in [9.17, 15) is 9.59 Å². The molecule has 0 aliphatic carbocycles. The topological polar surface area (TPSA) is 86.9 Å². The minimum atomic E-state index is -0.370. The van der Waals surface area contributed by atoms with Gasteiger partial charge in [0.2, 0.25) is 0 Å². The first kappa shape index (κ1) is 21.4. The first-order valence-corrected chi connectivity index (χ1v) is 10.4. The third-order valence-corrected chi connectivity index (χ3v) is 5.29. The third kappa shape index (κ3) is 3.91. The normalized spacial score (nSPS) is 11.3. The second-order valence-electron chi connectivity index (χ2n) is 7.99. The molecule has 0 bridgehead atoms. The van der Waals surface area contributed by atoms with Gasteiger partial charge >= 0.3 is 0 Å². The monoisotopic (exact) mass is 434 g/mol. The second-order valence-corrected chi connectivity index (χ2v) is 7.99. The van der Waals surface area contributed by atoms with Crippen molar-refractivity contribution in [1.29, 1.82) is 0 Å². The molecule has 1 amide bonds. The number of rotatable bonds is 7. The van der Waals surface area contributed by atoms with Gasteiger partial charge in [-0.15, -0.1) is 0 Å². The molecule has 0 unspecified atom stereocenters. The summed E-state index contributed by atoms with van der Waals surface area (Å²) < 4.78 is 13.9. The number of fused-ring (bicyclic) bond motifs is 3. The number of nitrogens with zero attached hydrogens (tertiary/aromatic N) is 3. The third-order valence-electron chi connectivity index (χ3n) is 5.29. The van der Waals surface area contributed by atoms with Gasteiger partial charge in [0.15, 0.2) is 5.69 Å². The van der Waals surface area contributed by atoms with Crippen LogP contribution < -0.4 is 20.3 Å². The molecule has 0 saturated heterocycles. The van der Waals surface area contributed by atoms with E-state index in [-0.39, 0.29) is 23.7 Å². The van der Waals surface area contributed by atoms with E-state index in [1.165, 1.54) is 0 Å². The standard InChI is InChI=1S/C24H26N4O4/c1-15(2)14-27-19-7-5-6-8-20(19)28-21(24(27)30)12-18(26-28)23(29)25-13-16-9-10-17(31-3)11-22(16)32-4/h5-12,15H,13-14H2,1-4H3,(H,25,29). The number of carbonyl (C=O) groups excluding carboxylic acids is 1. The highest BCUT2D eigenvalue weighted by molar-refractivity contribution is 5.94. The van der Waals surface area contributed by atoms with Gasteiger partial charge in [0.25, 0.3) is 11.5 Å². The summed E-state index contributed by atoms with van der Waals surface area (Å²) in [7, 11) is 3.15. The lowest BCUT2D eigenvalue weighted by molar-refractivity contribution is 0.0945. The lowest BCUT2D eigenvalue weighted by Crippen LogP contribution is -2.25. The fraction of sp³-hybridized carbons (Fsp3) is 0.292. The van der Waals surface area contributed by atoms with Crippen molar-refractivity contribution in [2.75, 3.05) is 14.2 Å². The minimum Gasteiger partial charge on any atom is -0.497 e. The summed E-state index contributed by atoms with van der Waals surface area (Å²) in [6.45, 7) is 4.96. The Morgan fingerprint density at radius 1 is 1.03 bits per heavy atom. The number of amides is 1. The van der Waals surface area contributed by atoms with Crippen molar-refractivity contribution in [2.24, 2.45) is 5.92 Å². The molecule has 0 aliphatic heterocycles. The first-order valence-electron chi connectivity index (χ1n) is 10.4. The highest BCUT2D eigenvalue weighted by Gasteiger charge is 2.18. The first-order chi connectivity index (χ1) is 15.4. The van der Waals surface area contributed by atoms with E-state index in [2.05, 4.69) is 24.3 Å². The SMILES string of the molecule is COc1ccc(CNC(=O)c2cc3c(=O)n(CC(C)C)c4ccccc4n3n2)c(OC)c1. The van der Waals surface area contributed by atoms with Gasteiger partial charge in [0.05, 0.1) is 25.3 Å². The van der Waals surface area contributed by atoms with E-state index < -0.39 is 0 Å². The van der Waals surface area contributed by atoms with E-state index in [4.69, 9.17) is 9.47 Å². The Morgan fingerprint density at radius 3 is 2.47 bits per heavy atom. The molecule has 4 rings (SSSR count). The Balaban J connectivity index is 1.68. The van der Waals surface area contributed by atoms with Gasteiger partial charge in [-0.25, -0.2) is 4.52 Å². The average Bonchev–Trinajstić information content (AvgIpc) is 3.26. The van der Waals surface area contributed by atoms with E-state index in [0.717, 1.165) is 16.6 Å². The summed E-state index contributed by atoms with van der Waals surface area (Å²) in [6, 6.07) is 14.5. The van der Waals surface area contributed by atoms with Crippen LogP contribution in [0.15, 0.2) is 53.3 Å². The predicted octanol–water partition coefficient (Wildman–Crippen LogP) is 3.25. The zero-order chi connectivity index (χ0) is 22.8. The Labute approximate surface area is 185 Å². The molecule has 2 aromatic heterocycles. The summed E-state index contributed by atoms with van der Waals surface area (Å²) in [5, 5.41) is 7.30. The van der Waals surface area contributed by atoms with Crippen LogP contribution in [0.4, 0.5) is 0 Å². The lowest BCUT2D eigenvalue weighted by atomic mass is 10.2. The van der Waals surface area contributed by atoms with Crippen molar-refractivity contribution in [3.63, 3.8) is 0 Å². The number of hydrogen-bond donors (Lipinski definition) is 1. The Kier molecular flexibility index (Phi) is 5.85. The van der Waals surface area contributed by atoms with Crippen molar-refractivity contribution in [3.8, 4) is 11.5 Å². The van der Waals surface area contributed by atoms with Gasteiger partial charge in [-0.3, -0.25) is 9.59 Å². The summed E-state index contributed by atoms with van der Waals surface area (Å²) in [5.74, 6) is 1.21. The van der Waals surface area contributed by atoms with Crippen LogP contribution in [-0.4, -0.2) is 34.3 Å². The van der Waals surface area contributed by atoms with Crippen LogP contribution in [0.25, 0.3) is 16.6 Å². The molecule has 0 atom stereocenters. The second kappa shape index (κ2) is 8.74. The molecule has 2 heterocycles. The Hall–Kier alpha value is -3.81. The summed E-state index contributed by atoms with van der Waals surface area (Å²) >= 11 is 0. The van der Waals surface area contributed by atoms with Crippen LogP contribution in [-0.2, 0) is 13.1 Å². The van der Waals surface area contributed by atoms with E-state index >= 15 is 0 Å².